The van der Waals surface area contributed by atoms with Crippen molar-refractivity contribution >= 4 is 17.7 Å². The average molecular weight is 379 g/mol. The molecule has 0 aliphatic rings. The quantitative estimate of drug-likeness (QED) is 0.717. The predicted molar refractivity (Wildman–Crippen MR) is 108 cm³/mol. The van der Waals surface area contributed by atoms with E-state index in [0.29, 0.717) is 11.6 Å². The smallest absolute Gasteiger partial charge is 0.331 e. The Balaban J connectivity index is 2.77. The van der Waals surface area contributed by atoms with Crippen molar-refractivity contribution in [3.8, 4) is 0 Å². The summed E-state index contributed by atoms with van der Waals surface area (Å²) < 4.78 is 11.1. The Kier molecular flexibility index (Phi) is 7.84. The Hall–Kier alpha value is -2.08. The molecule has 0 bridgehead atoms. The van der Waals surface area contributed by atoms with Gasteiger partial charge in [0.1, 0.15) is 5.60 Å². The lowest BCUT2D eigenvalue weighted by molar-refractivity contribution is -0.160. The van der Waals surface area contributed by atoms with Crippen molar-refractivity contribution < 1.29 is 19.1 Å². The van der Waals surface area contributed by atoms with E-state index in [1.807, 2.05) is 45.0 Å². The molecule has 0 fully saturated rings. The lowest BCUT2D eigenvalue weighted by atomic mass is 10.0. The Morgan fingerprint density at radius 1 is 0.963 bits per heavy atom. The van der Waals surface area contributed by atoms with E-state index in [0.717, 1.165) is 0 Å². The molecule has 27 heavy (non-hydrogen) atoms. The van der Waals surface area contributed by atoms with Crippen molar-refractivity contribution in [1.82, 2.24) is 5.32 Å². The van der Waals surface area contributed by atoms with Gasteiger partial charge in [0, 0.05) is 5.69 Å². The third-order valence-electron chi connectivity index (χ3n) is 3.51. The van der Waals surface area contributed by atoms with Gasteiger partial charge < -0.3 is 20.1 Å². The third-order valence-corrected chi connectivity index (χ3v) is 3.51. The van der Waals surface area contributed by atoms with Gasteiger partial charge in [0.2, 0.25) is 0 Å². The zero-order valence-corrected chi connectivity index (χ0v) is 17.8. The number of amides is 2. The van der Waals surface area contributed by atoms with Crippen LogP contribution < -0.4 is 10.6 Å². The van der Waals surface area contributed by atoms with E-state index in [4.69, 9.17) is 9.47 Å². The van der Waals surface area contributed by atoms with Crippen LogP contribution in [0.15, 0.2) is 24.3 Å². The Morgan fingerprint density at radius 2 is 1.52 bits per heavy atom. The first-order valence-electron chi connectivity index (χ1n) is 9.31. The van der Waals surface area contributed by atoms with E-state index >= 15 is 0 Å². The molecule has 0 saturated heterocycles. The largest absolute Gasteiger partial charge is 0.458 e. The molecule has 0 aliphatic heterocycles. The minimum absolute atomic E-state index is 0.0259. The molecule has 152 valence electrons. The molecule has 6 nitrogen and oxygen atoms in total. The Morgan fingerprint density at radius 3 is 1.96 bits per heavy atom. The number of hydrogen-bond donors (Lipinski definition) is 2. The average Bonchev–Trinajstić information content (AvgIpc) is 2.49. The van der Waals surface area contributed by atoms with Crippen LogP contribution in [0.25, 0.3) is 0 Å². The van der Waals surface area contributed by atoms with Crippen molar-refractivity contribution in [1.29, 1.82) is 0 Å². The van der Waals surface area contributed by atoms with Gasteiger partial charge in [-0.05, 0) is 65.2 Å². The molecule has 6 heteroatoms. The molecule has 1 aromatic rings. The number of nitrogens with one attached hydrogen (secondary N) is 2. The number of ether oxygens (including phenoxy) is 2. The van der Waals surface area contributed by atoms with E-state index in [9.17, 15) is 9.59 Å². The van der Waals surface area contributed by atoms with Crippen LogP contribution >= 0.6 is 0 Å². The zero-order valence-electron chi connectivity index (χ0n) is 17.8. The summed E-state index contributed by atoms with van der Waals surface area (Å²) >= 11 is 0. The van der Waals surface area contributed by atoms with Crippen molar-refractivity contribution in [2.75, 3.05) is 11.9 Å². The molecule has 0 aliphatic carbocycles. The highest BCUT2D eigenvalue weighted by molar-refractivity contribution is 5.92. The van der Waals surface area contributed by atoms with Gasteiger partial charge in [0.15, 0.2) is 6.04 Å². The maximum Gasteiger partial charge on any atom is 0.331 e. The van der Waals surface area contributed by atoms with Crippen LogP contribution in [0, 0.1) is 0 Å². The van der Waals surface area contributed by atoms with Crippen LogP contribution in [-0.2, 0) is 14.3 Å². The molecule has 0 aromatic heterocycles. The molecule has 1 rings (SSSR count). The Labute approximate surface area is 163 Å². The summed E-state index contributed by atoms with van der Waals surface area (Å²) in [5.74, 6) is -0.115. The minimum atomic E-state index is -0.904. The molecule has 2 N–H and O–H groups in total. The maximum absolute atomic E-state index is 12.4. The molecule has 0 saturated carbocycles. The van der Waals surface area contributed by atoms with Gasteiger partial charge in [-0.2, -0.15) is 0 Å². The highest BCUT2D eigenvalue weighted by Gasteiger charge is 2.28. The van der Waals surface area contributed by atoms with Crippen LogP contribution in [0.4, 0.5) is 10.5 Å². The van der Waals surface area contributed by atoms with Crippen molar-refractivity contribution in [2.45, 2.75) is 78.6 Å². The molecule has 1 unspecified atom stereocenters. The summed E-state index contributed by atoms with van der Waals surface area (Å²) in [5, 5.41) is 5.39. The van der Waals surface area contributed by atoms with Crippen molar-refractivity contribution in [3.63, 3.8) is 0 Å². The molecule has 0 heterocycles. The second-order valence-corrected chi connectivity index (χ2v) is 8.88. The maximum atomic E-state index is 12.4. The zero-order chi connectivity index (χ0) is 20.8. The molecule has 1 atom stereocenters. The van der Waals surface area contributed by atoms with Crippen molar-refractivity contribution in [2.24, 2.45) is 0 Å². The summed E-state index contributed by atoms with van der Waals surface area (Å²) in [6, 6.07) is 6.22. The number of benzene rings is 1. The van der Waals surface area contributed by atoms with Gasteiger partial charge in [-0.1, -0.05) is 26.0 Å². The van der Waals surface area contributed by atoms with Crippen LogP contribution in [0.3, 0.4) is 0 Å². The van der Waals surface area contributed by atoms with Gasteiger partial charge in [-0.25, -0.2) is 9.59 Å². The molecule has 0 radical (unpaired) electrons. The second kappa shape index (κ2) is 9.22. The van der Waals surface area contributed by atoms with E-state index in [1.54, 1.807) is 20.8 Å². The molecule has 0 spiro atoms. The first-order valence-corrected chi connectivity index (χ1v) is 9.31. The van der Waals surface area contributed by atoms with Gasteiger partial charge >= 0.3 is 12.0 Å². The summed E-state index contributed by atoms with van der Waals surface area (Å²) in [5.41, 5.74) is 0.746. The predicted octanol–water partition coefficient (Wildman–Crippen LogP) is 4.46. The first-order chi connectivity index (χ1) is 12.3. The number of carbonyl (C=O) groups excluding carboxylic acids is 2. The number of esters is 1. The van der Waals surface area contributed by atoms with E-state index in [-0.39, 0.29) is 6.61 Å². The standard InChI is InChI=1S/C21H34N2O4/c1-14(2)15-9-11-16(12-10-15)22-19(25)23-17(13-26-20(3,4)5)18(24)27-21(6,7)8/h9-12,14,17H,13H2,1-8H3,(H2,22,23,25). The van der Waals surface area contributed by atoms with Crippen LogP contribution in [0.1, 0.15) is 66.9 Å². The van der Waals surface area contributed by atoms with E-state index in [2.05, 4.69) is 24.5 Å². The van der Waals surface area contributed by atoms with Gasteiger partial charge in [0.05, 0.1) is 12.2 Å². The number of anilines is 1. The molecule has 2 amide bonds. The third kappa shape index (κ3) is 9.43. The number of hydrogen-bond acceptors (Lipinski definition) is 4. The first kappa shape index (κ1) is 23.0. The molecule has 1 aromatic carbocycles. The van der Waals surface area contributed by atoms with Crippen molar-refractivity contribution in [3.05, 3.63) is 29.8 Å². The lowest BCUT2D eigenvalue weighted by Crippen LogP contribution is -2.49. The number of carbonyl (C=O) groups is 2. The fourth-order valence-electron chi connectivity index (χ4n) is 2.15. The fraction of sp³-hybridized carbons (Fsp3) is 0.619. The van der Waals surface area contributed by atoms with Crippen LogP contribution in [0.5, 0.6) is 0 Å². The lowest BCUT2D eigenvalue weighted by Gasteiger charge is -2.27. The normalized spacial score (nSPS) is 13.2. The summed E-state index contributed by atoms with van der Waals surface area (Å²) in [7, 11) is 0. The highest BCUT2D eigenvalue weighted by atomic mass is 16.6. The molecular weight excluding hydrogens is 344 g/mol. The van der Waals surface area contributed by atoms with E-state index in [1.165, 1.54) is 5.56 Å². The van der Waals surface area contributed by atoms with Crippen LogP contribution in [-0.4, -0.2) is 35.9 Å². The summed E-state index contributed by atoms with van der Waals surface area (Å²) in [4.78, 5) is 24.8. The number of urea groups is 1. The van der Waals surface area contributed by atoms with E-state index < -0.39 is 29.2 Å². The summed E-state index contributed by atoms with van der Waals surface area (Å²) in [6.07, 6.45) is 0. The molecular formula is C21H34N2O4. The minimum Gasteiger partial charge on any atom is -0.458 e. The topological polar surface area (TPSA) is 76.7 Å². The highest BCUT2D eigenvalue weighted by Crippen LogP contribution is 2.17. The second-order valence-electron chi connectivity index (χ2n) is 8.88. The summed E-state index contributed by atoms with van der Waals surface area (Å²) in [6.45, 7) is 15.2. The SMILES string of the molecule is CC(C)c1ccc(NC(=O)NC(COC(C)(C)C)C(=O)OC(C)(C)C)cc1. The Bertz CT molecular complexity index is 625. The van der Waals surface area contributed by atoms with Crippen LogP contribution in [0.2, 0.25) is 0 Å². The van der Waals surface area contributed by atoms with Gasteiger partial charge in [0.25, 0.3) is 0 Å². The van der Waals surface area contributed by atoms with Gasteiger partial charge in [-0.15, -0.1) is 0 Å². The van der Waals surface area contributed by atoms with Gasteiger partial charge in [-0.3, -0.25) is 0 Å². The monoisotopic (exact) mass is 378 g/mol. The fourth-order valence-corrected chi connectivity index (χ4v) is 2.15. The number of rotatable bonds is 6.